The predicted octanol–water partition coefficient (Wildman–Crippen LogP) is -1.55. The third kappa shape index (κ3) is 4.70. The number of hydrogen-bond acceptors (Lipinski definition) is 6. The number of carbonyl (C=O) groups is 1. The molecular weight excluding hydrogens is 252 g/mol. The number of ether oxygens (including phenoxy) is 1. The Bertz CT molecular complexity index is 289. The number of rotatable bonds is 6. The number of hydrogen-bond donors (Lipinski definition) is 5. The molecular formula is C12H24N2O5. The van der Waals surface area contributed by atoms with E-state index < -0.39 is 30.6 Å². The molecule has 7 heteroatoms. The lowest BCUT2D eigenvalue weighted by molar-refractivity contribution is -0.224. The van der Waals surface area contributed by atoms with E-state index in [0.717, 1.165) is 12.8 Å². The van der Waals surface area contributed by atoms with Crippen molar-refractivity contribution in [1.29, 1.82) is 0 Å². The molecule has 5 atom stereocenters. The topological polar surface area (TPSA) is 125 Å². The Hall–Kier alpha value is -0.730. The van der Waals surface area contributed by atoms with E-state index in [0.29, 0.717) is 19.4 Å². The Morgan fingerprint density at radius 2 is 1.84 bits per heavy atom. The predicted molar refractivity (Wildman–Crippen MR) is 68.0 cm³/mol. The van der Waals surface area contributed by atoms with Crippen LogP contribution in [0.1, 0.15) is 32.6 Å². The molecule has 1 amide bonds. The molecule has 0 saturated carbocycles. The molecule has 1 aliphatic heterocycles. The monoisotopic (exact) mass is 276 g/mol. The fourth-order valence-corrected chi connectivity index (χ4v) is 2.01. The van der Waals surface area contributed by atoms with Crippen molar-refractivity contribution < 1.29 is 24.9 Å². The summed E-state index contributed by atoms with van der Waals surface area (Å²) in [6.07, 6.45) is -2.69. The molecule has 0 aromatic carbocycles. The highest BCUT2D eigenvalue weighted by molar-refractivity contribution is 5.76. The molecule has 0 radical (unpaired) electrons. The third-order valence-corrected chi connectivity index (χ3v) is 3.26. The Morgan fingerprint density at radius 1 is 1.16 bits per heavy atom. The van der Waals surface area contributed by atoms with Crippen molar-refractivity contribution >= 4 is 5.91 Å². The van der Waals surface area contributed by atoms with Crippen molar-refractivity contribution in [2.75, 3.05) is 6.54 Å². The summed E-state index contributed by atoms with van der Waals surface area (Å²) in [5, 5.41) is 31.3. The van der Waals surface area contributed by atoms with Crippen molar-refractivity contribution in [3.63, 3.8) is 0 Å². The number of nitrogens with two attached hydrogens (primary N) is 1. The zero-order valence-electron chi connectivity index (χ0n) is 11.2. The van der Waals surface area contributed by atoms with Crippen LogP contribution in [0.15, 0.2) is 0 Å². The Kier molecular flexibility index (Phi) is 6.67. The van der Waals surface area contributed by atoms with E-state index in [2.05, 4.69) is 5.32 Å². The van der Waals surface area contributed by atoms with Crippen LogP contribution in [-0.2, 0) is 9.53 Å². The molecule has 0 spiro atoms. The van der Waals surface area contributed by atoms with Crippen molar-refractivity contribution in [1.82, 2.24) is 5.32 Å². The van der Waals surface area contributed by atoms with Gasteiger partial charge in [-0.3, -0.25) is 4.79 Å². The second kappa shape index (κ2) is 7.76. The molecule has 1 heterocycles. The second-order valence-corrected chi connectivity index (χ2v) is 4.90. The molecule has 1 aliphatic rings. The van der Waals surface area contributed by atoms with Crippen LogP contribution in [0.3, 0.4) is 0 Å². The lowest BCUT2D eigenvalue weighted by atomic mass is 9.99. The lowest BCUT2D eigenvalue weighted by Crippen LogP contribution is -2.61. The van der Waals surface area contributed by atoms with E-state index in [1.165, 1.54) is 0 Å². The summed E-state index contributed by atoms with van der Waals surface area (Å²) in [6.45, 7) is 2.17. The van der Waals surface area contributed by atoms with Gasteiger partial charge in [-0.1, -0.05) is 6.42 Å². The molecule has 19 heavy (non-hydrogen) atoms. The smallest absolute Gasteiger partial charge is 0.222 e. The Balaban J connectivity index is 2.36. The SMILES string of the molecule is C[C@@H]1O[C@H](NC(=O)CCCCCN)[C@@H](O)[C@@H](O)[C@@H]1O. The number of nitrogens with one attached hydrogen (secondary N) is 1. The maximum absolute atomic E-state index is 11.6. The van der Waals surface area contributed by atoms with Crippen molar-refractivity contribution in [3.8, 4) is 0 Å². The van der Waals surface area contributed by atoms with E-state index in [-0.39, 0.29) is 5.91 Å². The molecule has 0 aromatic rings. The third-order valence-electron chi connectivity index (χ3n) is 3.26. The van der Waals surface area contributed by atoms with Gasteiger partial charge in [0.2, 0.25) is 5.91 Å². The number of carbonyl (C=O) groups excluding carboxylic acids is 1. The van der Waals surface area contributed by atoms with Gasteiger partial charge < -0.3 is 31.1 Å². The molecule has 1 rings (SSSR count). The minimum Gasteiger partial charge on any atom is -0.388 e. The summed E-state index contributed by atoms with van der Waals surface area (Å²) in [5.74, 6) is -0.253. The zero-order valence-corrected chi connectivity index (χ0v) is 11.2. The minimum atomic E-state index is -1.33. The van der Waals surface area contributed by atoms with Crippen LogP contribution >= 0.6 is 0 Å². The Morgan fingerprint density at radius 3 is 2.47 bits per heavy atom. The molecule has 0 unspecified atom stereocenters. The first-order chi connectivity index (χ1) is 8.97. The highest BCUT2D eigenvalue weighted by Crippen LogP contribution is 2.19. The van der Waals surface area contributed by atoms with Gasteiger partial charge in [-0.05, 0) is 26.3 Å². The van der Waals surface area contributed by atoms with Gasteiger partial charge in [0, 0.05) is 6.42 Å². The number of aliphatic hydroxyl groups is 3. The van der Waals surface area contributed by atoms with Crippen molar-refractivity contribution in [3.05, 3.63) is 0 Å². The molecule has 7 nitrogen and oxygen atoms in total. The van der Waals surface area contributed by atoms with E-state index in [1.807, 2.05) is 0 Å². The summed E-state index contributed by atoms with van der Waals surface area (Å²) >= 11 is 0. The average Bonchev–Trinajstić information content (AvgIpc) is 2.38. The number of unbranched alkanes of at least 4 members (excludes halogenated alkanes) is 2. The van der Waals surface area contributed by atoms with Gasteiger partial charge in [-0.2, -0.15) is 0 Å². The summed E-state index contributed by atoms with van der Waals surface area (Å²) in [7, 11) is 0. The summed E-state index contributed by atoms with van der Waals surface area (Å²) in [4.78, 5) is 11.6. The fourth-order valence-electron chi connectivity index (χ4n) is 2.01. The maximum atomic E-state index is 11.6. The van der Waals surface area contributed by atoms with Gasteiger partial charge in [0.1, 0.15) is 18.3 Å². The van der Waals surface area contributed by atoms with Crippen LogP contribution in [0.2, 0.25) is 0 Å². The van der Waals surface area contributed by atoms with Crippen molar-refractivity contribution in [2.24, 2.45) is 5.73 Å². The summed E-state index contributed by atoms with van der Waals surface area (Å²) < 4.78 is 5.27. The van der Waals surface area contributed by atoms with E-state index >= 15 is 0 Å². The highest BCUT2D eigenvalue weighted by atomic mass is 16.5. The highest BCUT2D eigenvalue weighted by Gasteiger charge is 2.42. The summed E-state index contributed by atoms with van der Waals surface area (Å²) in [6, 6.07) is 0. The second-order valence-electron chi connectivity index (χ2n) is 4.90. The van der Waals surface area contributed by atoms with Crippen LogP contribution in [0.4, 0.5) is 0 Å². The van der Waals surface area contributed by atoms with Gasteiger partial charge >= 0.3 is 0 Å². The normalized spacial score (nSPS) is 35.1. The first-order valence-electron chi connectivity index (χ1n) is 6.66. The average molecular weight is 276 g/mol. The largest absolute Gasteiger partial charge is 0.388 e. The molecule has 1 fully saturated rings. The van der Waals surface area contributed by atoms with Crippen molar-refractivity contribution in [2.45, 2.75) is 63.3 Å². The molecule has 0 aliphatic carbocycles. The van der Waals surface area contributed by atoms with Gasteiger partial charge in [0.25, 0.3) is 0 Å². The van der Waals surface area contributed by atoms with Gasteiger partial charge in [-0.25, -0.2) is 0 Å². The van der Waals surface area contributed by atoms with E-state index in [4.69, 9.17) is 10.5 Å². The van der Waals surface area contributed by atoms with E-state index in [1.54, 1.807) is 6.92 Å². The van der Waals surface area contributed by atoms with Crippen LogP contribution in [0, 0.1) is 0 Å². The molecule has 6 N–H and O–H groups in total. The fraction of sp³-hybridized carbons (Fsp3) is 0.917. The molecule has 1 saturated heterocycles. The lowest BCUT2D eigenvalue weighted by Gasteiger charge is -2.39. The van der Waals surface area contributed by atoms with Crippen LogP contribution < -0.4 is 11.1 Å². The number of aliphatic hydroxyl groups excluding tert-OH is 3. The summed E-state index contributed by atoms with van der Waals surface area (Å²) in [5.41, 5.74) is 5.35. The van der Waals surface area contributed by atoms with Crippen LogP contribution in [0.5, 0.6) is 0 Å². The quantitative estimate of drug-likeness (QED) is 0.374. The number of amides is 1. The van der Waals surface area contributed by atoms with Gasteiger partial charge in [0.05, 0.1) is 6.10 Å². The van der Waals surface area contributed by atoms with Gasteiger partial charge in [0.15, 0.2) is 6.23 Å². The Labute approximate surface area is 112 Å². The van der Waals surface area contributed by atoms with Crippen LogP contribution in [0.25, 0.3) is 0 Å². The molecule has 0 aromatic heterocycles. The zero-order chi connectivity index (χ0) is 14.4. The van der Waals surface area contributed by atoms with Crippen LogP contribution in [-0.4, -0.2) is 58.4 Å². The van der Waals surface area contributed by atoms with Gasteiger partial charge in [-0.15, -0.1) is 0 Å². The van der Waals surface area contributed by atoms with E-state index in [9.17, 15) is 20.1 Å². The molecule has 112 valence electrons. The minimum absolute atomic E-state index is 0.253. The molecule has 0 bridgehead atoms. The first-order valence-corrected chi connectivity index (χ1v) is 6.66. The first kappa shape index (κ1) is 16.3. The maximum Gasteiger partial charge on any atom is 0.222 e. The standard InChI is InChI=1S/C12H24N2O5/c1-7-9(16)10(17)11(18)12(19-7)14-8(15)5-3-2-4-6-13/h7,9-12,16-18H,2-6,13H2,1H3,(H,14,15)/t7-,9+,10-,11-,12-/m0/s1.